The molecule has 0 spiro atoms. The maximum atomic E-state index is 13.5. The molecule has 0 aromatic heterocycles. The molecule has 9 nitrogen and oxygen atoms in total. The molecule has 370 valence electrons. The van der Waals surface area contributed by atoms with Gasteiger partial charge in [0.2, 0.25) is 0 Å². The highest BCUT2D eigenvalue weighted by atomic mass is 16.6. The molecule has 0 unspecified atom stereocenters. The van der Waals surface area contributed by atoms with Gasteiger partial charge >= 0.3 is 18.0 Å². The van der Waals surface area contributed by atoms with E-state index in [1.165, 1.54) is 116 Å². The van der Waals surface area contributed by atoms with Gasteiger partial charge in [-0.1, -0.05) is 141 Å². The first-order valence-corrected chi connectivity index (χ1v) is 26.6. The van der Waals surface area contributed by atoms with Crippen LogP contribution in [-0.2, 0) is 23.8 Å². The Morgan fingerprint density at radius 3 is 1.10 bits per heavy atom. The smallest absolute Gasteiger partial charge is 0.410 e. The highest BCUT2D eigenvalue weighted by Gasteiger charge is 2.21. The van der Waals surface area contributed by atoms with Gasteiger partial charge in [-0.2, -0.15) is 0 Å². The number of allylic oxidation sites excluding steroid dienone is 4. The van der Waals surface area contributed by atoms with E-state index in [0.29, 0.717) is 64.8 Å². The molecule has 0 aromatic rings. The zero-order valence-electron chi connectivity index (χ0n) is 42.5. The number of hydrogen-bond acceptors (Lipinski definition) is 8. The van der Waals surface area contributed by atoms with Crippen LogP contribution >= 0.6 is 0 Å². The van der Waals surface area contributed by atoms with Crippen molar-refractivity contribution in [2.45, 2.75) is 238 Å². The van der Waals surface area contributed by atoms with Gasteiger partial charge < -0.3 is 28.9 Å². The zero-order chi connectivity index (χ0) is 46.3. The first-order valence-electron chi connectivity index (χ1n) is 26.6. The lowest BCUT2D eigenvalue weighted by molar-refractivity contribution is -0.144. The van der Waals surface area contributed by atoms with Crippen molar-refractivity contribution in [3.05, 3.63) is 24.3 Å². The lowest BCUT2D eigenvalue weighted by Gasteiger charge is -2.27. The number of unbranched alkanes of at least 4 members (excludes halogenated alkanes) is 22. The number of carbonyl (C=O) groups is 3. The Labute approximate surface area is 390 Å². The average Bonchev–Trinajstić information content (AvgIpc) is 3.25. The fourth-order valence-corrected chi connectivity index (χ4v) is 7.75. The summed E-state index contributed by atoms with van der Waals surface area (Å²) >= 11 is 0. The number of amides is 1. The topological polar surface area (TPSA) is 88.6 Å². The lowest BCUT2D eigenvalue weighted by atomic mass is 10.1. The molecule has 0 aliphatic carbocycles. The van der Waals surface area contributed by atoms with Gasteiger partial charge in [-0.25, -0.2) is 4.79 Å². The number of carbonyl (C=O) groups excluding carboxylic acids is 3. The summed E-state index contributed by atoms with van der Waals surface area (Å²) in [7, 11) is 8.17. The zero-order valence-corrected chi connectivity index (χ0v) is 42.5. The van der Waals surface area contributed by atoms with Gasteiger partial charge in [0.25, 0.3) is 0 Å². The van der Waals surface area contributed by atoms with Crippen molar-refractivity contribution in [2.24, 2.45) is 0 Å². The molecule has 0 radical (unpaired) electrons. The number of esters is 2. The molecule has 0 aliphatic rings. The minimum atomic E-state index is -0.337. The highest BCUT2D eigenvalue weighted by Crippen LogP contribution is 2.16. The SMILES string of the molecule is CCCCCCCC/C=C\CCCCCCCC(=O)OCCCC(CCCOC(=O)CCCCCCC/C=C\CCCCCCCC)OC(=O)N(CCCN(C)C)CCCN(C)C. The van der Waals surface area contributed by atoms with E-state index in [2.05, 4.69) is 48.0 Å². The lowest BCUT2D eigenvalue weighted by Crippen LogP contribution is -2.38. The molecule has 0 N–H and O–H groups in total. The number of ether oxygens (including phenoxy) is 3. The van der Waals surface area contributed by atoms with Gasteiger partial charge in [-0.15, -0.1) is 0 Å². The molecule has 0 saturated heterocycles. The van der Waals surface area contributed by atoms with Crippen LogP contribution in [0.5, 0.6) is 0 Å². The molecule has 0 saturated carbocycles. The van der Waals surface area contributed by atoms with Crippen molar-refractivity contribution in [3.63, 3.8) is 0 Å². The second-order valence-corrected chi connectivity index (χ2v) is 18.7. The van der Waals surface area contributed by atoms with Crippen LogP contribution in [0.25, 0.3) is 0 Å². The van der Waals surface area contributed by atoms with Crippen molar-refractivity contribution < 1.29 is 28.6 Å². The number of rotatable bonds is 47. The number of hydrogen-bond donors (Lipinski definition) is 0. The molecule has 63 heavy (non-hydrogen) atoms. The standard InChI is InChI=1S/C54H103N3O6/c1-7-9-11-13-15-17-19-21-23-25-27-29-31-33-35-43-52(58)61-49-37-41-51(63-54(60)57(47-39-45-55(3)4)48-40-46-56(5)6)42-38-50-62-53(59)44-36-34-32-30-28-26-24-22-20-18-16-14-12-10-8-2/h21-24,51H,7-20,25-50H2,1-6H3/b23-21-,24-22-. The largest absolute Gasteiger partial charge is 0.466 e. The maximum absolute atomic E-state index is 13.5. The van der Waals surface area contributed by atoms with Gasteiger partial charge in [0, 0.05) is 25.9 Å². The van der Waals surface area contributed by atoms with Crippen LogP contribution in [-0.4, -0.2) is 106 Å². The van der Waals surface area contributed by atoms with Crippen molar-refractivity contribution in [1.29, 1.82) is 0 Å². The van der Waals surface area contributed by atoms with E-state index in [0.717, 1.165) is 77.3 Å². The maximum Gasteiger partial charge on any atom is 0.410 e. The minimum Gasteiger partial charge on any atom is -0.466 e. The third kappa shape index (κ3) is 46.0. The van der Waals surface area contributed by atoms with Gasteiger partial charge in [0.1, 0.15) is 6.10 Å². The van der Waals surface area contributed by atoms with Crippen molar-refractivity contribution in [2.75, 3.05) is 67.6 Å². The minimum absolute atomic E-state index is 0.146. The summed E-state index contributed by atoms with van der Waals surface area (Å²) in [4.78, 5) is 44.6. The third-order valence-corrected chi connectivity index (χ3v) is 11.7. The highest BCUT2D eigenvalue weighted by molar-refractivity contribution is 5.69. The molecule has 1 amide bonds. The molecule has 0 heterocycles. The predicted octanol–water partition coefficient (Wildman–Crippen LogP) is 14.4. The first kappa shape index (κ1) is 60.6. The molecule has 0 aliphatic heterocycles. The molecule has 9 heteroatoms. The Kier molecular flexibility index (Phi) is 45.8. The van der Waals surface area contributed by atoms with E-state index in [9.17, 15) is 14.4 Å². The summed E-state index contributed by atoms with van der Waals surface area (Å²) in [5.74, 6) is -0.292. The van der Waals surface area contributed by atoms with Crippen molar-refractivity contribution in [1.82, 2.24) is 14.7 Å². The van der Waals surface area contributed by atoms with E-state index in [4.69, 9.17) is 14.2 Å². The van der Waals surface area contributed by atoms with Crippen LogP contribution < -0.4 is 0 Å². The molecule has 0 fully saturated rings. The molecule has 0 rings (SSSR count). The second-order valence-electron chi connectivity index (χ2n) is 18.7. The van der Waals surface area contributed by atoms with Gasteiger partial charge in [0.05, 0.1) is 13.2 Å². The van der Waals surface area contributed by atoms with Crippen LogP contribution in [0.1, 0.15) is 232 Å². The van der Waals surface area contributed by atoms with E-state index in [1.807, 2.05) is 33.1 Å². The van der Waals surface area contributed by atoms with Crippen LogP contribution in [0, 0.1) is 0 Å². The Morgan fingerprint density at radius 2 is 0.746 bits per heavy atom. The summed E-state index contributed by atoms with van der Waals surface area (Å²) in [6.07, 6.45) is 45.8. The Morgan fingerprint density at radius 1 is 0.413 bits per heavy atom. The van der Waals surface area contributed by atoms with Gasteiger partial charge in [0.15, 0.2) is 0 Å². The summed E-state index contributed by atoms with van der Waals surface area (Å²) in [6.45, 7) is 8.23. The summed E-state index contributed by atoms with van der Waals surface area (Å²) in [6, 6.07) is 0. The molecular weight excluding hydrogens is 787 g/mol. The van der Waals surface area contributed by atoms with Gasteiger partial charge in [-0.3, -0.25) is 9.59 Å². The third-order valence-electron chi connectivity index (χ3n) is 11.7. The fraction of sp³-hybridized carbons (Fsp3) is 0.870. The van der Waals surface area contributed by atoms with Crippen molar-refractivity contribution in [3.8, 4) is 0 Å². The molecule has 0 aromatic carbocycles. The van der Waals surface area contributed by atoms with Crippen LogP contribution in [0.3, 0.4) is 0 Å². The molecular formula is C54H103N3O6. The van der Waals surface area contributed by atoms with E-state index in [-0.39, 0.29) is 24.1 Å². The quantitative estimate of drug-likeness (QED) is 0.0258. The molecule has 0 atom stereocenters. The van der Waals surface area contributed by atoms with E-state index in [1.54, 1.807) is 0 Å². The summed E-state index contributed by atoms with van der Waals surface area (Å²) < 4.78 is 17.3. The van der Waals surface area contributed by atoms with Crippen molar-refractivity contribution >= 4 is 18.0 Å². The van der Waals surface area contributed by atoms with E-state index >= 15 is 0 Å². The summed E-state index contributed by atoms with van der Waals surface area (Å²) in [5.41, 5.74) is 0. The number of nitrogens with zero attached hydrogens (tertiary/aromatic N) is 3. The first-order chi connectivity index (χ1) is 30.7. The predicted molar refractivity (Wildman–Crippen MR) is 267 cm³/mol. The Hall–Kier alpha value is -2.39. The summed E-state index contributed by atoms with van der Waals surface area (Å²) in [5, 5.41) is 0. The Balaban J connectivity index is 4.57. The molecule has 0 bridgehead atoms. The normalized spacial score (nSPS) is 11.8. The average molecular weight is 890 g/mol. The fourth-order valence-electron chi connectivity index (χ4n) is 7.75. The monoisotopic (exact) mass is 890 g/mol. The Bertz CT molecular complexity index is 1010. The van der Waals surface area contributed by atoms with Crippen LogP contribution in [0.2, 0.25) is 0 Å². The van der Waals surface area contributed by atoms with Gasteiger partial charge in [-0.05, 0) is 144 Å². The van der Waals surface area contributed by atoms with Crippen LogP contribution in [0.15, 0.2) is 24.3 Å². The second kappa shape index (κ2) is 47.6. The van der Waals surface area contributed by atoms with Crippen LogP contribution in [0.4, 0.5) is 4.79 Å². The van der Waals surface area contributed by atoms with E-state index < -0.39 is 0 Å².